The van der Waals surface area contributed by atoms with E-state index >= 15 is 0 Å². The Labute approximate surface area is 256 Å². The number of nitrogens with zero attached hydrogens (tertiary/aromatic N) is 2. The standard InChI is InChI=1S/C32H31Cl2N3O4S/c1-23-16-17-27(20-29(23)34)37(42(40,41)28-14-7-4-8-15-28)22-31(38)36(21-25-12-9-13-26(33)18-25)30(32(39)35-2)19-24-10-5-3-6-11-24/h3-18,20,30H,19,21-22H2,1-2H3,(H,35,39)/t30-/m1/s1. The number of benzene rings is 4. The molecule has 0 unspecified atom stereocenters. The Bertz CT molecular complexity index is 1650. The van der Waals surface area contributed by atoms with Crippen molar-refractivity contribution < 1.29 is 18.0 Å². The van der Waals surface area contributed by atoms with Crippen LogP contribution in [-0.2, 0) is 32.6 Å². The van der Waals surface area contributed by atoms with Crippen LogP contribution in [0.15, 0.2) is 108 Å². The summed E-state index contributed by atoms with van der Waals surface area (Å²) in [6.45, 7) is 1.26. The van der Waals surface area contributed by atoms with Gasteiger partial charge in [-0.05, 0) is 60.0 Å². The molecule has 2 amide bonds. The fourth-order valence-corrected chi connectivity index (χ4v) is 6.35. The lowest BCUT2D eigenvalue weighted by atomic mass is 10.0. The number of carbonyl (C=O) groups is 2. The van der Waals surface area contributed by atoms with E-state index in [1.165, 1.54) is 30.1 Å². The van der Waals surface area contributed by atoms with Gasteiger partial charge in [0, 0.05) is 30.1 Å². The van der Waals surface area contributed by atoms with Gasteiger partial charge in [-0.25, -0.2) is 8.42 Å². The van der Waals surface area contributed by atoms with Crippen LogP contribution in [0.2, 0.25) is 10.0 Å². The second kappa shape index (κ2) is 13.9. The van der Waals surface area contributed by atoms with Gasteiger partial charge in [-0.15, -0.1) is 0 Å². The first-order valence-corrected chi connectivity index (χ1v) is 15.4. The lowest BCUT2D eigenvalue weighted by Crippen LogP contribution is -2.53. The fraction of sp³-hybridized carbons (Fsp3) is 0.188. The van der Waals surface area contributed by atoms with Crippen LogP contribution in [0.4, 0.5) is 5.69 Å². The van der Waals surface area contributed by atoms with E-state index in [1.807, 2.05) is 30.3 Å². The highest BCUT2D eigenvalue weighted by Gasteiger charge is 2.34. The van der Waals surface area contributed by atoms with Gasteiger partial charge in [-0.3, -0.25) is 13.9 Å². The smallest absolute Gasteiger partial charge is 0.264 e. The number of aryl methyl sites for hydroxylation is 1. The number of amides is 2. The molecular weight excluding hydrogens is 593 g/mol. The van der Waals surface area contributed by atoms with Crippen molar-refractivity contribution in [2.45, 2.75) is 30.8 Å². The third kappa shape index (κ3) is 7.50. The molecule has 0 saturated heterocycles. The Balaban J connectivity index is 1.80. The highest BCUT2D eigenvalue weighted by Crippen LogP contribution is 2.29. The third-order valence-corrected chi connectivity index (χ3v) is 9.24. The molecule has 0 bridgehead atoms. The van der Waals surface area contributed by atoms with E-state index < -0.39 is 28.5 Å². The van der Waals surface area contributed by atoms with Crippen LogP contribution in [0.5, 0.6) is 0 Å². The topological polar surface area (TPSA) is 86.8 Å². The first-order valence-electron chi connectivity index (χ1n) is 13.2. The number of hydrogen-bond acceptors (Lipinski definition) is 4. The molecule has 0 heterocycles. The summed E-state index contributed by atoms with van der Waals surface area (Å²) in [5, 5.41) is 3.50. The van der Waals surface area contributed by atoms with Crippen molar-refractivity contribution in [3.8, 4) is 0 Å². The van der Waals surface area contributed by atoms with Crippen LogP contribution in [0.25, 0.3) is 0 Å². The molecule has 0 aromatic heterocycles. The van der Waals surface area contributed by atoms with E-state index in [1.54, 1.807) is 61.5 Å². The van der Waals surface area contributed by atoms with Crippen molar-refractivity contribution in [3.05, 3.63) is 130 Å². The van der Waals surface area contributed by atoms with Gasteiger partial charge in [0.2, 0.25) is 11.8 Å². The number of rotatable bonds is 11. The quantitative estimate of drug-likeness (QED) is 0.226. The Kier molecular flexibility index (Phi) is 10.3. The molecule has 4 aromatic carbocycles. The minimum Gasteiger partial charge on any atom is -0.357 e. The molecule has 0 radical (unpaired) electrons. The van der Waals surface area contributed by atoms with Crippen LogP contribution in [-0.4, -0.2) is 44.8 Å². The normalized spacial score (nSPS) is 11.9. The molecule has 1 N–H and O–H groups in total. The number of nitrogens with one attached hydrogen (secondary N) is 1. The Morgan fingerprint density at radius 2 is 1.48 bits per heavy atom. The SMILES string of the molecule is CNC(=O)[C@@H](Cc1ccccc1)N(Cc1cccc(Cl)c1)C(=O)CN(c1ccc(C)c(Cl)c1)S(=O)(=O)c1ccccc1. The maximum absolute atomic E-state index is 14.3. The lowest BCUT2D eigenvalue weighted by molar-refractivity contribution is -0.139. The molecule has 0 saturated carbocycles. The van der Waals surface area contributed by atoms with Crippen LogP contribution in [0.3, 0.4) is 0 Å². The zero-order chi connectivity index (χ0) is 30.3. The molecule has 0 aliphatic rings. The predicted octanol–water partition coefficient (Wildman–Crippen LogP) is 5.88. The van der Waals surface area contributed by atoms with Crippen molar-refractivity contribution in [2.24, 2.45) is 0 Å². The summed E-state index contributed by atoms with van der Waals surface area (Å²) in [5.41, 5.74) is 2.52. The average molecular weight is 625 g/mol. The van der Waals surface area contributed by atoms with Crippen LogP contribution in [0.1, 0.15) is 16.7 Å². The molecule has 4 aromatic rings. The van der Waals surface area contributed by atoms with Crippen LogP contribution in [0, 0.1) is 6.92 Å². The predicted molar refractivity (Wildman–Crippen MR) is 167 cm³/mol. The first-order chi connectivity index (χ1) is 20.1. The van der Waals surface area contributed by atoms with E-state index in [0.717, 1.165) is 15.4 Å². The van der Waals surface area contributed by atoms with Gasteiger partial charge in [0.25, 0.3) is 10.0 Å². The fourth-order valence-electron chi connectivity index (χ4n) is 4.54. The van der Waals surface area contributed by atoms with Gasteiger partial charge in [-0.1, -0.05) is 89.9 Å². The number of likely N-dealkylation sites (N-methyl/N-ethyl adjacent to an activating group) is 1. The van der Waals surface area contributed by atoms with Gasteiger partial charge >= 0.3 is 0 Å². The first kappa shape index (κ1) is 31.1. The molecule has 4 rings (SSSR count). The second-order valence-corrected chi connectivity index (χ2v) is 12.4. The molecule has 0 spiro atoms. The summed E-state index contributed by atoms with van der Waals surface area (Å²) in [4.78, 5) is 29.0. The van der Waals surface area contributed by atoms with Gasteiger partial charge in [0.1, 0.15) is 12.6 Å². The molecule has 7 nitrogen and oxygen atoms in total. The van der Waals surface area contributed by atoms with E-state index in [0.29, 0.717) is 15.6 Å². The van der Waals surface area contributed by atoms with Crippen molar-refractivity contribution in [1.82, 2.24) is 10.2 Å². The zero-order valence-corrected chi connectivity index (χ0v) is 25.5. The molecule has 218 valence electrons. The Morgan fingerprint density at radius 3 is 2.10 bits per heavy atom. The van der Waals surface area contributed by atoms with Gasteiger partial charge in [-0.2, -0.15) is 0 Å². The van der Waals surface area contributed by atoms with E-state index in [2.05, 4.69) is 5.32 Å². The molecule has 0 aliphatic carbocycles. The van der Waals surface area contributed by atoms with Crippen molar-refractivity contribution in [1.29, 1.82) is 0 Å². The summed E-state index contributed by atoms with van der Waals surface area (Å²) >= 11 is 12.6. The second-order valence-electron chi connectivity index (χ2n) is 9.73. The van der Waals surface area contributed by atoms with Crippen molar-refractivity contribution >= 4 is 50.7 Å². The number of sulfonamides is 1. The maximum Gasteiger partial charge on any atom is 0.264 e. The molecule has 1 atom stereocenters. The minimum atomic E-state index is -4.20. The van der Waals surface area contributed by atoms with Crippen molar-refractivity contribution in [3.63, 3.8) is 0 Å². The number of hydrogen-bond donors (Lipinski definition) is 1. The summed E-state index contributed by atoms with van der Waals surface area (Å²) in [6, 6.07) is 28.1. The Hall–Kier alpha value is -3.85. The highest BCUT2D eigenvalue weighted by atomic mass is 35.5. The molecule has 10 heteroatoms. The van der Waals surface area contributed by atoms with Gasteiger partial charge < -0.3 is 10.2 Å². The largest absolute Gasteiger partial charge is 0.357 e. The molecular formula is C32H31Cl2N3O4S. The Morgan fingerprint density at radius 1 is 0.833 bits per heavy atom. The maximum atomic E-state index is 14.3. The molecule has 0 aliphatic heterocycles. The summed E-state index contributed by atoms with van der Waals surface area (Å²) in [6.07, 6.45) is 0.217. The minimum absolute atomic E-state index is 0.0167. The van der Waals surface area contributed by atoms with E-state index in [-0.39, 0.29) is 29.5 Å². The van der Waals surface area contributed by atoms with Crippen LogP contribution >= 0.6 is 23.2 Å². The summed E-state index contributed by atoms with van der Waals surface area (Å²) < 4.78 is 28.9. The number of halogens is 2. The summed E-state index contributed by atoms with van der Waals surface area (Å²) in [5.74, 6) is -0.958. The van der Waals surface area contributed by atoms with Crippen LogP contribution < -0.4 is 9.62 Å². The van der Waals surface area contributed by atoms with Gasteiger partial charge in [0.15, 0.2) is 0 Å². The van der Waals surface area contributed by atoms with E-state index in [9.17, 15) is 18.0 Å². The molecule has 42 heavy (non-hydrogen) atoms. The van der Waals surface area contributed by atoms with Gasteiger partial charge in [0.05, 0.1) is 10.6 Å². The van der Waals surface area contributed by atoms with E-state index in [4.69, 9.17) is 23.2 Å². The van der Waals surface area contributed by atoms with Crippen molar-refractivity contribution in [2.75, 3.05) is 17.9 Å². The zero-order valence-electron chi connectivity index (χ0n) is 23.2. The summed E-state index contributed by atoms with van der Waals surface area (Å²) in [7, 11) is -2.69. The number of anilines is 1. The monoisotopic (exact) mass is 623 g/mol. The highest BCUT2D eigenvalue weighted by molar-refractivity contribution is 7.92. The lowest BCUT2D eigenvalue weighted by Gasteiger charge is -2.33. The third-order valence-electron chi connectivity index (χ3n) is 6.81. The molecule has 0 fully saturated rings. The number of carbonyl (C=O) groups excluding carboxylic acids is 2. The average Bonchev–Trinajstić information content (AvgIpc) is 2.99.